The largest absolute Gasteiger partial charge is 0.478 e. The van der Waals surface area contributed by atoms with Crippen molar-refractivity contribution in [3.8, 4) is 0 Å². The zero-order valence-corrected chi connectivity index (χ0v) is 12.6. The Morgan fingerprint density at radius 3 is 2.60 bits per heavy atom. The van der Waals surface area contributed by atoms with Gasteiger partial charge in [0.2, 0.25) is 5.91 Å². The highest BCUT2D eigenvalue weighted by Crippen LogP contribution is 2.20. The molecule has 0 unspecified atom stereocenters. The van der Waals surface area contributed by atoms with E-state index in [0.717, 1.165) is 0 Å². The Balaban J connectivity index is 2.76. The normalized spacial score (nSPS) is 10.2. The summed E-state index contributed by atoms with van der Waals surface area (Å²) in [5.74, 6) is -1.14. The lowest BCUT2D eigenvalue weighted by molar-refractivity contribution is -0.120. The van der Waals surface area contributed by atoms with Crippen LogP contribution < -0.4 is 10.6 Å². The van der Waals surface area contributed by atoms with Crippen molar-refractivity contribution in [3.63, 3.8) is 0 Å². The molecule has 0 heterocycles. The third-order valence-electron chi connectivity index (χ3n) is 2.31. The molecule has 1 aromatic carbocycles. The van der Waals surface area contributed by atoms with Crippen LogP contribution in [0.5, 0.6) is 0 Å². The first-order valence-corrected chi connectivity index (χ1v) is 6.72. The molecule has 0 aliphatic heterocycles. The molecule has 0 saturated heterocycles. The lowest BCUT2D eigenvalue weighted by Crippen LogP contribution is -2.35. The molecule has 3 N–H and O–H groups in total. The van der Waals surface area contributed by atoms with E-state index in [9.17, 15) is 9.59 Å². The number of benzene rings is 1. The number of aromatic carboxylic acids is 1. The lowest BCUT2D eigenvalue weighted by atomic mass is 10.1. The van der Waals surface area contributed by atoms with Crippen LogP contribution in [0.25, 0.3) is 0 Å². The second-order valence-corrected chi connectivity index (χ2v) is 5.44. The molecule has 7 heteroatoms. The summed E-state index contributed by atoms with van der Waals surface area (Å²) in [6.45, 7) is 3.83. The van der Waals surface area contributed by atoms with E-state index in [1.807, 2.05) is 13.8 Å². The lowest BCUT2D eigenvalue weighted by Gasteiger charge is -2.12. The topological polar surface area (TPSA) is 78.4 Å². The molecule has 1 aromatic rings. The van der Waals surface area contributed by atoms with Gasteiger partial charge in [0.05, 0.1) is 11.3 Å². The van der Waals surface area contributed by atoms with Crippen LogP contribution in [0.1, 0.15) is 30.6 Å². The van der Waals surface area contributed by atoms with Gasteiger partial charge in [0.25, 0.3) is 0 Å². The molecular weight excluding hydrogens is 300 g/mol. The third kappa shape index (κ3) is 5.14. The van der Waals surface area contributed by atoms with E-state index in [2.05, 4.69) is 10.6 Å². The molecule has 0 aromatic heterocycles. The maximum atomic E-state index is 11.6. The van der Waals surface area contributed by atoms with Gasteiger partial charge in [0.1, 0.15) is 0 Å². The van der Waals surface area contributed by atoms with Crippen molar-refractivity contribution in [2.45, 2.75) is 20.3 Å². The van der Waals surface area contributed by atoms with Gasteiger partial charge >= 0.3 is 5.97 Å². The molecule has 0 fully saturated rings. The second kappa shape index (κ2) is 7.21. The zero-order chi connectivity index (χ0) is 15.3. The Morgan fingerprint density at radius 2 is 2.05 bits per heavy atom. The van der Waals surface area contributed by atoms with Gasteiger partial charge in [0, 0.05) is 11.4 Å². The van der Waals surface area contributed by atoms with Gasteiger partial charge in [-0.05, 0) is 36.3 Å². The fourth-order valence-corrected chi connectivity index (χ4v) is 1.90. The van der Waals surface area contributed by atoms with E-state index in [0.29, 0.717) is 11.4 Å². The fraction of sp³-hybridized carbons (Fsp3) is 0.308. The second-order valence-electron chi connectivity index (χ2n) is 4.60. The summed E-state index contributed by atoms with van der Waals surface area (Å²) in [5, 5.41) is 14.6. The number of rotatable bonds is 4. The Hall–Kier alpha value is -1.66. The number of thiocarbonyl (C=S) groups is 1. The molecule has 108 valence electrons. The number of carbonyl (C=O) groups excluding carboxylic acids is 1. The quantitative estimate of drug-likeness (QED) is 0.745. The average molecular weight is 315 g/mol. The summed E-state index contributed by atoms with van der Waals surface area (Å²) >= 11 is 10.7. The number of carbonyl (C=O) groups is 2. The summed E-state index contributed by atoms with van der Waals surface area (Å²) < 4.78 is 0. The monoisotopic (exact) mass is 314 g/mol. The number of hydrogen-bond acceptors (Lipinski definition) is 3. The number of halogens is 1. The van der Waals surface area contributed by atoms with Gasteiger partial charge in [-0.1, -0.05) is 25.4 Å². The van der Waals surface area contributed by atoms with Crippen LogP contribution in [-0.4, -0.2) is 22.1 Å². The Morgan fingerprint density at radius 1 is 1.40 bits per heavy atom. The van der Waals surface area contributed by atoms with Gasteiger partial charge in [-0.2, -0.15) is 0 Å². The van der Waals surface area contributed by atoms with E-state index >= 15 is 0 Å². The molecule has 1 amide bonds. The summed E-state index contributed by atoms with van der Waals surface area (Å²) in [7, 11) is 0. The maximum absolute atomic E-state index is 11.6. The first kappa shape index (κ1) is 16.4. The minimum atomic E-state index is -1.13. The van der Waals surface area contributed by atoms with Gasteiger partial charge in [-0.25, -0.2) is 4.79 Å². The highest BCUT2D eigenvalue weighted by atomic mass is 35.5. The summed E-state index contributed by atoms with van der Waals surface area (Å²) in [6.07, 6.45) is 0.341. The molecule has 0 aliphatic carbocycles. The van der Waals surface area contributed by atoms with E-state index in [-0.39, 0.29) is 28.2 Å². The van der Waals surface area contributed by atoms with Crippen molar-refractivity contribution < 1.29 is 14.7 Å². The number of anilines is 1. The van der Waals surface area contributed by atoms with Crippen LogP contribution in [0.3, 0.4) is 0 Å². The van der Waals surface area contributed by atoms with Gasteiger partial charge < -0.3 is 15.7 Å². The molecule has 5 nitrogen and oxygen atoms in total. The Bertz CT molecular complexity index is 546. The van der Waals surface area contributed by atoms with Crippen molar-refractivity contribution in [1.29, 1.82) is 0 Å². The van der Waals surface area contributed by atoms with Crippen LogP contribution in [0.2, 0.25) is 5.02 Å². The molecule has 0 aliphatic rings. The number of amides is 1. The highest BCUT2D eigenvalue weighted by Gasteiger charge is 2.13. The first-order chi connectivity index (χ1) is 9.29. The fourth-order valence-electron chi connectivity index (χ4n) is 1.50. The molecule has 20 heavy (non-hydrogen) atoms. The number of carboxylic acids is 1. The molecule has 0 atom stereocenters. The van der Waals surface area contributed by atoms with Crippen molar-refractivity contribution in [2.24, 2.45) is 5.92 Å². The SMILES string of the molecule is CC(C)CC(=O)NC(=S)Nc1ccc(Cl)cc1C(=O)O. The molecular formula is C13H15ClN2O3S. The van der Waals surface area contributed by atoms with Crippen LogP contribution >= 0.6 is 23.8 Å². The summed E-state index contributed by atoms with van der Waals surface area (Å²) in [5.41, 5.74) is 0.259. The first-order valence-electron chi connectivity index (χ1n) is 5.93. The van der Waals surface area contributed by atoms with Crippen molar-refractivity contribution in [3.05, 3.63) is 28.8 Å². The van der Waals surface area contributed by atoms with Crippen molar-refractivity contribution in [2.75, 3.05) is 5.32 Å². The van der Waals surface area contributed by atoms with E-state index < -0.39 is 5.97 Å². The molecule has 1 rings (SSSR count). The Labute approximate surface area is 127 Å². The van der Waals surface area contributed by atoms with E-state index in [1.165, 1.54) is 18.2 Å². The molecule has 0 saturated carbocycles. The predicted molar refractivity (Wildman–Crippen MR) is 82.2 cm³/mol. The highest BCUT2D eigenvalue weighted by molar-refractivity contribution is 7.80. The zero-order valence-electron chi connectivity index (χ0n) is 11.1. The van der Waals surface area contributed by atoms with E-state index in [1.54, 1.807) is 0 Å². The van der Waals surface area contributed by atoms with Gasteiger partial charge in [-0.15, -0.1) is 0 Å². The molecule has 0 radical (unpaired) electrons. The third-order valence-corrected chi connectivity index (χ3v) is 2.75. The van der Waals surface area contributed by atoms with Crippen LogP contribution in [0, 0.1) is 5.92 Å². The van der Waals surface area contributed by atoms with E-state index in [4.69, 9.17) is 28.9 Å². The minimum absolute atomic E-state index is 0.0158. The number of hydrogen-bond donors (Lipinski definition) is 3. The van der Waals surface area contributed by atoms with Crippen LogP contribution in [0.4, 0.5) is 5.69 Å². The standard InChI is InChI=1S/C13H15ClN2O3S/c1-7(2)5-11(17)16-13(20)15-10-4-3-8(14)6-9(10)12(18)19/h3-4,6-7H,5H2,1-2H3,(H,18,19)(H2,15,16,17,20). The molecule has 0 bridgehead atoms. The van der Waals surface area contributed by atoms with Crippen LogP contribution in [0.15, 0.2) is 18.2 Å². The average Bonchev–Trinajstić information content (AvgIpc) is 2.29. The van der Waals surface area contributed by atoms with Gasteiger partial charge in [-0.3, -0.25) is 4.79 Å². The predicted octanol–water partition coefficient (Wildman–Crippen LogP) is 2.90. The number of nitrogens with one attached hydrogen (secondary N) is 2. The molecule has 0 spiro atoms. The van der Waals surface area contributed by atoms with Crippen LogP contribution in [-0.2, 0) is 4.79 Å². The van der Waals surface area contributed by atoms with Crippen molar-refractivity contribution in [1.82, 2.24) is 5.32 Å². The Kier molecular flexibility index (Phi) is 5.91. The smallest absolute Gasteiger partial charge is 0.337 e. The van der Waals surface area contributed by atoms with Crippen molar-refractivity contribution >= 4 is 46.5 Å². The number of carboxylic acid groups (broad SMARTS) is 1. The summed E-state index contributed by atoms with van der Waals surface area (Å²) in [6, 6.07) is 4.34. The maximum Gasteiger partial charge on any atom is 0.337 e. The minimum Gasteiger partial charge on any atom is -0.478 e. The summed E-state index contributed by atoms with van der Waals surface area (Å²) in [4.78, 5) is 22.6. The van der Waals surface area contributed by atoms with Gasteiger partial charge in [0.15, 0.2) is 5.11 Å².